The Kier molecular flexibility index (Phi) is 9.27. The Hall–Kier alpha value is -2.49. The first-order valence-electron chi connectivity index (χ1n) is 10.3. The predicted molar refractivity (Wildman–Crippen MR) is 137 cm³/mol. The highest BCUT2D eigenvalue weighted by Crippen LogP contribution is 2.28. The van der Waals surface area contributed by atoms with Crippen LogP contribution in [-0.4, -0.2) is 39.4 Å². The Labute approximate surface area is 219 Å². The molecule has 3 aromatic rings. The number of nitrogens with one attached hydrogen (secondary N) is 1. The number of methoxy groups -OCH3 is 2. The number of ether oxygens (including phenoxy) is 2. The minimum atomic E-state index is -4.05. The number of amides is 1. The lowest BCUT2D eigenvalue weighted by Gasteiger charge is -2.22. The van der Waals surface area contributed by atoms with Crippen LogP contribution >= 0.6 is 34.8 Å². The Bertz CT molecular complexity index is 1280. The quantitative estimate of drug-likeness (QED) is 0.372. The average molecular weight is 558 g/mol. The van der Waals surface area contributed by atoms with Crippen molar-refractivity contribution in [2.75, 3.05) is 20.8 Å². The fourth-order valence-corrected chi connectivity index (χ4v) is 5.16. The van der Waals surface area contributed by atoms with Crippen LogP contribution in [0.2, 0.25) is 15.1 Å². The van der Waals surface area contributed by atoms with E-state index in [0.29, 0.717) is 32.7 Å². The van der Waals surface area contributed by atoms with Gasteiger partial charge in [0.15, 0.2) is 0 Å². The lowest BCUT2D eigenvalue weighted by molar-refractivity contribution is -0.121. The number of hydrogen-bond donors (Lipinski definition) is 1. The molecule has 0 aliphatic carbocycles. The van der Waals surface area contributed by atoms with Crippen LogP contribution in [0.4, 0.5) is 0 Å². The fourth-order valence-electron chi connectivity index (χ4n) is 3.33. The van der Waals surface area contributed by atoms with Crippen LogP contribution in [-0.2, 0) is 27.9 Å². The summed E-state index contributed by atoms with van der Waals surface area (Å²) in [6.45, 7) is -0.469. The molecule has 0 heterocycles. The number of sulfonamides is 1. The molecule has 0 aliphatic rings. The molecule has 1 amide bonds. The molecule has 35 heavy (non-hydrogen) atoms. The first-order valence-corrected chi connectivity index (χ1v) is 12.9. The molecule has 0 atom stereocenters. The van der Waals surface area contributed by atoms with Gasteiger partial charge in [0, 0.05) is 11.6 Å². The summed E-state index contributed by atoms with van der Waals surface area (Å²) in [5, 5.41) is 3.75. The van der Waals surface area contributed by atoms with Gasteiger partial charge in [-0.15, -0.1) is 0 Å². The van der Waals surface area contributed by atoms with Crippen molar-refractivity contribution in [3.63, 3.8) is 0 Å². The lowest BCUT2D eigenvalue weighted by Crippen LogP contribution is -2.40. The number of nitrogens with zero attached hydrogens (tertiary/aromatic N) is 1. The van der Waals surface area contributed by atoms with E-state index < -0.39 is 22.5 Å². The number of rotatable bonds is 10. The molecule has 7 nitrogen and oxygen atoms in total. The van der Waals surface area contributed by atoms with Gasteiger partial charge in [0.1, 0.15) is 11.5 Å². The minimum absolute atomic E-state index is 0.00107. The first kappa shape index (κ1) is 27.1. The van der Waals surface area contributed by atoms with E-state index in [1.54, 1.807) is 36.4 Å². The van der Waals surface area contributed by atoms with E-state index in [9.17, 15) is 13.2 Å². The van der Waals surface area contributed by atoms with Crippen molar-refractivity contribution in [3.05, 3.63) is 86.9 Å². The number of hydrogen-bond acceptors (Lipinski definition) is 5. The normalized spacial score (nSPS) is 11.4. The zero-order valence-electron chi connectivity index (χ0n) is 18.9. The molecule has 11 heteroatoms. The third-order valence-corrected chi connectivity index (χ3v) is 7.90. The summed E-state index contributed by atoms with van der Waals surface area (Å²) in [5.41, 5.74) is 1.19. The van der Waals surface area contributed by atoms with Crippen molar-refractivity contribution < 1.29 is 22.7 Å². The summed E-state index contributed by atoms with van der Waals surface area (Å²) >= 11 is 18.0. The second kappa shape index (κ2) is 12.0. The molecule has 0 saturated heterocycles. The molecule has 0 radical (unpaired) electrons. The van der Waals surface area contributed by atoms with E-state index in [1.165, 1.54) is 38.5 Å². The van der Waals surface area contributed by atoms with E-state index in [-0.39, 0.29) is 23.0 Å². The predicted octanol–water partition coefficient (Wildman–Crippen LogP) is 5.17. The van der Waals surface area contributed by atoms with Gasteiger partial charge in [0.2, 0.25) is 15.9 Å². The Morgan fingerprint density at radius 2 is 1.54 bits per heavy atom. The Morgan fingerprint density at radius 1 is 0.914 bits per heavy atom. The van der Waals surface area contributed by atoms with Gasteiger partial charge < -0.3 is 14.8 Å². The summed E-state index contributed by atoms with van der Waals surface area (Å²) in [7, 11) is -1.03. The molecule has 0 spiro atoms. The van der Waals surface area contributed by atoms with Crippen LogP contribution in [0.25, 0.3) is 0 Å². The topological polar surface area (TPSA) is 84.9 Å². The van der Waals surface area contributed by atoms with Crippen molar-refractivity contribution in [1.29, 1.82) is 0 Å². The Balaban J connectivity index is 1.85. The monoisotopic (exact) mass is 556 g/mol. The maximum Gasteiger partial charge on any atom is 0.243 e. The van der Waals surface area contributed by atoms with Gasteiger partial charge in [0.05, 0.1) is 47.8 Å². The SMILES string of the molecule is COc1cccc(OC)c1CNC(=O)CN(Cc1ccc(Cl)c(Cl)c1)S(=O)(=O)c1ccc(Cl)cc1. The lowest BCUT2D eigenvalue weighted by atomic mass is 10.1. The molecule has 3 aromatic carbocycles. The molecule has 0 bridgehead atoms. The zero-order valence-corrected chi connectivity index (χ0v) is 22.0. The third-order valence-electron chi connectivity index (χ3n) is 5.11. The summed E-state index contributed by atoms with van der Waals surface area (Å²) < 4.78 is 38.6. The maximum atomic E-state index is 13.4. The highest BCUT2D eigenvalue weighted by molar-refractivity contribution is 7.89. The van der Waals surface area contributed by atoms with E-state index in [2.05, 4.69) is 5.32 Å². The van der Waals surface area contributed by atoms with Crippen molar-refractivity contribution in [1.82, 2.24) is 9.62 Å². The summed E-state index contributed by atoms with van der Waals surface area (Å²) in [5.74, 6) is 0.549. The molecular weight excluding hydrogens is 535 g/mol. The number of benzene rings is 3. The van der Waals surface area contributed by atoms with Crippen molar-refractivity contribution >= 4 is 50.7 Å². The van der Waals surface area contributed by atoms with Gasteiger partial charge in [-0.25, -0.2) is 8.42 Å². The number of halogens is 3. The van der Waals surface area contributed by atoms with Gasteiger partial charge in [0.25, 0.3) is 0 Å². The van der Waals surface area contributed by atoms with Gasteiger partial charge in [-0.2, -0.15) is 4.31 Å². The molecule has 3 rings (SSSR count). The van der Waals surface area contributed by atoms with Crippen LogP contribution in [0.15, 0.2) is 65.6 Å². The summed E-state index contributed by atoms with van der Waals surface area (Å²) in [4.78, 5) is 12.9. The average Bonchev–Trinajstić information content (AvgIpc) is 2.84. The van der Waals surface area contributed by atoms with Crippen LogP contribution in [0.3, 0.4) is 0 Å². The number of carbonyl (C=O) groups excluding carboxylic acids is 1. The van der Waals surface area contributed by atoms with Crippen LogP contribution in [0.5, 0.6) is 11.5 Å². The summed E-state index contributed by atoms with van der Waals surface area (Å²) in [6.07, 6.45) is 0. The molecule has 1 N–H and O–H groups in total. The first-order chi connectivity index (χ1) is 16.6. The molecule has 0 fully saturated rings. The van der Waals surface area contributed by atoms with Crippen molar-refractivity contribution in [3.8, 4) is 11.5 Å². The Morgan fingerprint density at radius 3 is 2.11 bits per heavy atom. The molecule has 0 aliphatic heterocycles. The van der Waals surface area contributed by atoms with E-state index >= 15 is 0 Å². The summed E-state index contributed by atoms with van der Waals surface area (Å²) in [6, 6.07) is 15.7. The van der Waals surface area contributed by atoms with Gasteiger partial charge >= 0.3 is 0 Å². The van der Waals surface area contributed by atoms with Crippen molar-refractivity contribution in [2.24, 2.45) is 0 Å². The van der Waals surface area contributed by atoms with Crippen LogP contribution in [0.1, 0.15) is 11.1 Å². The van der Waals surface area contributed by atoms with E-state index in [0.717, 1.165) is 4.31 Å². The molecule has 186 valence electrons. The third kappa shape index (κ3) is 6.80. The van der Waals surface area contributed by atoms with Crippen molar-refractivity contribution in [2.45, 2.75) is 18.0 Å². The zero-order chi connectivity index (χ0) is 25.6. The number of carbonyl (C=O) groups is 1. The van der Waals surface area contributed by atoms with Gasteiger partial charge in [-0.3, -0.25) is 4.79 Å². The van der Waals surface area contributed by atoms with Crippen LogP contribution < -0.4 is 14.8 Å². The molecule has 0 unspecified atom stereocenters. The van der Waals surface area contributed by atoms with E-state index in [1.807, 2.05) is 0 Å². The minimum Gasteiger partial charge on any atom is -0.496 e. The van der Waals surface area contributed by atoms with Crippen LogP contribution in [0, 0.1) is 0 Å². The van der Waals surface area contributed by atoms with Gasteiger partial charge in [-0.05, 0) is 54.1 Å². The van der Waals surface area contributed by atoms with Gasteiger partial charge in [-0.1, -0.05) is 46.9 Å². The smallest absolute Gasteiger partial charge is 0.243 e. The second-order valence-corrected chi connectivity index (χ2v) is 10.6. The molecule has 0 saturated carbocycles. The molecule has 0 aromatic heterocycles. The fraction of sp³-hybridized carbons (Fsp3) is 0.208. The standard InChI is InChI=1S/C24H23Cl3N2O5S/c1-33-22-4-3-5-23(34-2)19(22)13-28-24(30)15-29(14-16-6-11-20(26)21(27)12-16)35(31,32)18-9-7-17(25)8-10-18/h3-12H,13-15H2,1-2H3,(H,28,30). The highest BCUT2D eigenvalue weighted by Gasteiger charge is 2.27. The molecular formula is C24H23Cl3N2O5S. The second-order valence-electron chi connectivity index (χ2n) is 7.39. The van der Waals surface area contributed by atoms with E-state index in [4.69, 9.17) is 44.3 Å². The highest BCUT2D eigenvalue weighted by atomic mass is 35.5. The largest absolute Gasteiger partial charge is 0.496 e. The maximum absolute atomic E-state index is 13.4.